The zero-order valence-electron chi connectivity index (χ0n) is 16.2. The molecule has 0 radical (unpaired) electrons. The first-order valence-corrected chi connectivity index (χ1v) is 9.80. The van der Waals surface area contributed by atoms with Crippen LogP contribution < -0.4 is 4.90 Å². The number of para-hydroxylation sites is 1. The Bertz CT molecular complexity index is 851. The number of rotatable bonds is 8. The van der Waals surface area contributed by atoms with Crippen LogP contribution in [0.5, 0.6) is 0 Å². The van der Waals surface area contributed by atoms with Crippen LogP contribution in [0.3, 0.4) is 0 Å². The predicted molar refractivity (Wildman–Crippen MR) is 114 cm³/mol. The minimum absolute atomic E-state index is 0.224. The van der Waals surface area contributed by atoms with Crippen LogP contribution in [0, 0.1) is 0 Å². The van der Waals surface area contributed by atoms with E-state index in [2.05, 4.69) is 55.1 Å². The van der Waals surface area contributed by atoms with E-state index in [-0.39, 0.29) is 5.78 Å². The van der Waals surface area contributed by atoms with Gasteiger partial charge in [0.15, 0.2) is 5.78 Å². The lowest BCUT2D eigenvalue weighted by molar-refractivity contribution is 0.0980. The maximum absolute atomic E-state index is 12.3. The molecular formula is C25H27NO. The van der Waals surface area contributed by atoms with Gasteiger partial charge in [0, 0.05) is 29.0 Å². The highest BCUT2D eigenvalue weighted by molar-refractivity contribution is 5.96. The summed E-state index contributed by atoms with van der Waals surface area (Å²) in [6.45, 7) is 4.27. The smallest absolute Gasteiger partial charge is 0.162 e. The van der Waals surface area contributed by atoms with Gasteiger partial charge in [0.2, 0.25) is 0 Å². The number of unbranched alkanes of at least 4 members (excludes halogenated alkanes) is 1. The standard InChI is InChI=1S/C25H27NO/c1-3-5-11-25(27)21-14-18-24(19-15-21)26(22-9-7-6-8-10-22)23-16-12-20(4-2)13-17-23/h6-10,12-19H,3-5,11H2,1-2H3. The van der Waals surface area contributed by atoms with Crippen molar-refractivity contribution < 1.29 is 4.79 Å². The molecule has 0 amide bonds. The van der Waals surface area contributed by atoms with Crippen molar-refractivity contribution in [3.05, 3.63) is 90.0 Å². The van der Waals surface area contributed by atoms with Crippen LogP contribution in [-0.2, 0) is 6.42 Å². The van der Waals surface area contributed by atoms with Crippen LogP contribution in [0.1, 0.15) is 49.0 Å². The van der Waals surface area contributed by atoms with Crippen molar-refractivity contribution in [1.29, 1.82) is 0 Å². The van der Waals surface area contributed by atoms with Gasteiger partial charge in [-0.05, 0) is 66.9 Å². The molecule has 0 N–H and O–H groups in total. The van der Waals surface area contributed by atoms with Gasteiger partial charge in [-0.1, -0.05) is 50.6 Å². The number of benzene rings is 3. The Morgan fingerprint density at radius 3 is 1.85 bits per heavy atom. The topological polar surface area (TPSA) is 20.3 Å². The molecule has 27 heavy (non-hydrogen) atoms. The van der Waals surface area contributed by atoms with Crippen molar-refractivity contribution in [3.63, 3.8) is 0 Å². The Hall–Kier alpha value is -2.87. The number of aryl methyl sites for hydroxylation is 1. The summed E-state index contributed by atoms with van der Waals surface area (Å²) in [6, 6.07) is 27.0. The van der Waals surface area contributed by atoms with Gasteiger partial charge in [0.1, 0.15) is 0 Å². The molecule has 3 aromatic carbocycles. The first kappa shape index (κ1) is 18.9. The molecule has 3 aromatic rings. The minimum atomic E-state index is 0.224. The van der Waals surface area contributed by atoms with E-state index >= 15 is 0 Å². The number of carbonyl (C=O) groups excluding carboxylic acids is 1. The molecule has 0 bridgehead atoms. The van der Waals surface area contributed by atoms with Gasteiger partial charge in [0.05, 0.1) is 0 Å². The summed E-state index contributed by atoms with van der Waals surface area (Å²) in [4.78, 5) is 14.5. The summed E-state index contributed by atoms with van der Waals surface area (Å²) in [7, 11) is 0. The Morgan fingerprint density at radius 1 is 0.741 bits per heavy atom. The fraction of sp³-hybridized carbons (Fsp3) is 0.240. The van der Waals surface area contributed by atoms with Crippen LogP contribution in [0.25, 0.3) is 0 Å². The number of hydrogen-bond donors (Lipinski definition) is 0. The zero-order valence-corrected chi connectivity index (χ0v) is 16.2. The second-order valence-corrected chi connectivity index (χ2v) is 6.76. The third-order valence-electron chi connectivity index (χ3n) is 4.82. The summed E-state index contributed by atoms with van der Waals surface area (Å²) in [6.07, 6.45) is 3.64. The van der Waals surface area contributed by atoms with Crippen molar-refractivity contribution in [2.45, 2.75) is 39.5 Å². The van der Waals surface area contributed by atoms with Gasteiger partial charge in [-0.15, -0.1) is 0 Å². The van der Waals surface area contributed by atoms with Crippen molar-refractivity contribution in [3.8, 4) is 0 Å². The first-order chi connectivity index (χ1) is 13.2. The Kier molecular flexibility index (Phi) is 6.43. The van der Waals surface area contributed by atoms with E-state index in [4.69, 9.17) is 0 Å². The average molecular weight is 357 g/mol. The van der Waals surface area contributed by atoms with Crippen molar-refractivity contribution in [1.82, 2.24) is 0 Å². The van der Waals surface area contributed by atoms with Gasteiger partial charge < -0.3 is 4.90 Å². The summed E-state index contributed by atoms with van der Waals surface area (Å²) >= 11 is 0. The second kappa shape index (κ2) is 9.18. The van der Waals surface area contributed by atoms with Crippen LogP contribution in [0.4, 0.5) is 17.1 Å². The Morgan fingerprint density at radius 2 is 1.30 bits per heavy atom. The quantitative estimate of drug-likeness (QED) is 0.401. The van der Waals surface area contributed by atoms with Crippen LogP contribution in [0.15, 0.2) is 78.9 Å². The van der Waals surface area contributed by atoms with E-state index in [1.807, 2.05) is 42.5 Å². The lowest BCUT2D eigenvalue weighted by Crippen LogP contribution is -2.10. The van der Waals surface area contributed by atoms with E-state index in [0.717, 1.165) is 41.9 Å². The van der Waals surface area contributed by atoms with E-state index in [1.54, 1.807) is 0 Å². The third kappa shape index (κ3) is 4.65. The van der Waals surface area contributed by atoms with Gasteiger partial charge in [-0.2, -0.15) is 0 Å². The van der Waals surface area contributed by atoms with Crippen molar-refractivity contribution >= 4 is 22.8 Å². The fourth-order valence-electron chi connectivity index (χ4n) is 3.18. The molecule has 3 rings (SSSR count). The third-order valence-corrected chi connectivity index (χ3v) is 4.82. The van der Waals surface area contributed by atoms with Gasteiger partial charge >= 0.3 is 0 Å². The van der Waals surface area contributed by atoms with E-state index in [9.17, 15) is 4.79 Å². The fourth-order valence-corrected chi connectivity index (χ4v) is 3.18. The maximum Gasteiger partial charge on any atom is 0.162 e. The monoisotopic (exact) mass is 357 g/mol. The molecule has 0 saturated carbocycles. The number of carbonyl (C=O) groups is 1. The van der Waals surface area contributed by atoms with Crippen LogP contribution >= 0.6 is 0 Å². The van der Waals surface area contributed by atoms with Crippen LogP contribution in [-0.4, -0.2) is 5.78 Å². The molecule has 0 aliphatic rings. The highest BCUT2D eigenvalue weighted by Crippen LogP contribution is 2.34. The summed E-state index contributed by atoms with van der Waals surface area (Å²) < 4.78 is 0. The van der Waals surface area contributed by atoms with E-state index < -0.39 is 0 Å². The lowest BCUT2D eigenvalue weighted by Gasteiger charge is -2.25. The molecule has 0 saturated heterocycles. The van der Waals surface area contributed by atoms with Gasteiger partial charge in [-0.25, -0.2) is 0 Å². The number of Topliss-reactive ketones (excluding diaryl/α,β-unsaturated/α-hetero) is 1. The van der Waals surface area contributed by atoms with E-state index in [0.29, 0.717) is 6.42 Å². The largest absolute Gasteiger partial charge is 0.311 e. The summed E-state index contributed by atoms with van der Waals surface area (Å²) in [5, 5.41) is 0. The molecule has 0 spiro atoms. The molecule has 138 valence electrons. The number of nitrogens with zero attached hydrogens (tertiary/aromatic N) is 1. The van der Waals surface area contributed by atoms with Crippen molar-refractivity contribution in [2.75, 3.05) is 4.90 Å². The molecule has 0 heterocycles. The highest BCUT2D eigenvalue weighted by atomic mass is 16.1. The van der Waals surface area contributed by atoms with Gasteiger partial charge in [-0.3, -0.25) is 4.79 Å². The molecule has 0 aliphatic carbocycles. The van der Waals surface area contributed by atoms with Gasteiger partial charge in [0.25, 0.3) is 0 Å². The molecule has 2 nitrogen and oxygen atoms in total. The Labute approximate surface area is 162 Å². The highest BCUT2D eigenvalue weighted by Gasteiger charge is 2.13. The minimum Gasteiger partial charge on any atom is -0.311 e. The Balaban J connectivity index is 1.94. The number of hydrogen-bond acceptors (Lipinski definition) is 2. The molecule has 0 aliphatic heterocycles. The molecule has 2 heteroatoms. The lowest BCUT2D eigenvalue weighted by atomic mass is 10.0. The maximum atomic E-state index is 12.3. The average Bonchev–Trinajstić information content (AvgIpc) is 2.74. The zero-order chi connectivity index (χ0) is 19.1. The first-order valence-electron chi connectivity index (χ1n) is 9.80. The SMILES string of the molecule is CCCCC(=O)c1ccc(N(c2ccccc2)c2ccc(CC)cc2)cc1. The normalized spacial score (nSPS) is 10.6. The predicted octanol–water partition coefficient (Wildman–Crippen LogP) is 7.09. The summed E-state index contributed by atoms with van der Waals surface area (Å²) in [5.74, 6) is 0.224. The second-order valence-electron chi connectivity index (χ2n) is 6.76. The number of anilines is 3. The van der Waals surface area contributed by atoms with Crippen LogP contribution in [0.2, 0.25) is 0 Å². The number of ketones is 1. The molecule has 0 aromatic heterocycles. The molecule has 0 unspecified atom stereocenters. The molecule has 0 fully saturated rings. The van der Waals surface area contributed by atoms with E-state index in [1.165, 1.54) is 5.56 Å². The molecular weight excluding hydrogens is 330 g/mol. The summed E-state index contributed by atoms with van der Waals surface area (Å²) in [5.41, 5.74) is 5.39. The van der Waals surface area contributed by atoms with Crippen molar-refractivity contribution in [2.24, 2.45) is 0 Å². The molecule has 0 atom stereocenters.